The summed E-state index contributed by atoms with van der Waals surface area (Å²) in [5, 5.41) is 9.12. The molecule has 4 rings (SSSR count). The van der Waals surface area contributed by atoms with E-state index in [9.17, 15) is 18.0 Å². The smallest absolute Gasteiger partial charge is 0.381 e. The van der Waals surface area contributed by atoms with E-state index in [0.717, 1.165) is 38.2 Å². The molecule has 0 bridgehead atoms. The number of fused-ring (bicyclic) bond motifs is 1. The molecule has 0 spiro atoms. The first kappa shape index (κ1) is 23.9. The van der Waals surface area contributed by atoms with Crippen LogP contribution in [0.5, 0.6) is 0 Å². The number of rotatable bonds is 5. The van der Waals surface area contributed by atoms with E-state index in [2.05, 4.69) is 0 Å². The van der Waals surface area contributed by atoms with Gasteiger partial charge in [-0.15, -0.1) is 0 Å². The number of nitriles is 1. The number of hydrogen-bond donors (Lipinski definition) is 0. The van der Waals surface area contributed by atoms with E-state index < -0.39 is 11.7 Å². The Morgan fingerprint density at radius 1 is 1.21 bits per heavy atom. The van der Waals surface area contributed by atoms with Crippen molar-refractivity contribution in [1.82, 2.24) is 4.90 Å². The number of carbonyl (C=O) groups is 1. The van der Waals surface area contributed by atoms with Crippen LogP contribution in [0.4, 0.5) is 18.9 Å². The Kier molecular flexibility index (Phi) is 6.90. The minimum Gasteiger partial charge on any atom is -0.381 e. The summed E-state index contributed by atoms with van der Waals surface area (Å²) >= 11 is 0. The maximum absolute atomic E-state index is 13.5. The molecule has 1 saturated carbocycles. The molecule has 0 aromatic heterocycles. The second-order valence-corrected chi connectivity index (χ2v) is 9.80. The highest BCUT2D eigenvalue weighted by Gasteiger charge is 2.51. The highest BCUT2D eigenvalue weighted by molar-refractivity contribution is 5.79. The number of alkyl halides is 3. The Balaban J connectivity index is 1.57. The second kappa shape index (κ2) is 9.54. The van der Waals surface area contributed by atoms with Crippen LogP contribution in [0.1, 0.15) is 56.6 Å². The van der Waals surface area contributed by atoms with Crippen LogP contribution < -0.4 is 4.90 Å². The Bertz CT molecular complexity index is 907. The molecule has 2 aliphatic heterocycles. The van der Waals surface area contributed by atoms with Gasteiger partial charge in [-0.3, -0.25) is 4.79 Å². The topological polar surface area (TPSA) is 56.6 Å². The summed E-state index contributed by atoms with van der Waals surface area (Å²) < 4.78 is 46.4. The highest BCUT2D eigenvalue weighted by atomic mass is 19.4. The van der Waals surface area contributed by atoms with Gasteiger partial charge in [-0.05, 0) is 50.3 Å². The normalized spacial score (nSPS) is 26.2. The maximum Gasteiger partial charge on any atom is 0.417 e. The Morgan fingerprint density at radius 2 is 1.97 bits per heavy atom. The molecule has 1 aromatic carbocycles. The Hall–Kier alpha value is -2.27. The van der Waals surface area contributed by atoms with Crippen molar-refractivity contribution in [2.75, 3.05) is 44.3 Å². The van der Waals surface area contributed by atoms with Crippen LogP contribution in [-0.2, 0) is 15.7 Å². The van der Waals surface area contributed by atoms with E-state index in [0.29, 0.717) is 45.1 Å². The van der Waals surface area contributed by atoms with Crippen LogP contribution in [-0.4, -0.2) is 50.2 Å². The van der Waals surface area contributed by atoms with Crippen molar-refractivity contribution < 1.29 is 22.7 Å². The second-order valence-electron chi connectivity index (χ2n) is 9.80. The molecule has 2 saturated heterocycles. The third-order valence-corrected chi connectivity index (χ3v) is 7.72. The number of amides is 1. The number of likely N-dealkylation sites (tertiary alicyclic amines) is 1. The lowest BCUT2D eigenvalue weighted by Crippen LogP contribution is -2.54. The quantitative estimate of drug-likeness (QED) is 0.627. The van der Waals surface area contributed by atoms with E-state index in [1.54, 1.807) is 12.1 Å². The number of benzene rings is 1. The number of halogens is 3. The standard InChI is InChI=1S/C25H32F3N3O2/c1-2-33-17-24-15-30(23(32)18-6-4-3-5-7-18)11-10-20(24)14-31(16-24)21-9-8-19(13-29)22(12-21)25(26,27)28/h8-9,12,18,20H,2-7,10-11,14-17H2,1H3. The van der Waals surface area contributed by atoms with Crippen molar-refractivity contribution in [3.8, 4) is 6.07 Å². The lowest BCUT2D eigenvalue weighted by Gasteiger charge is -2.45. The molecule has 2 heterocycles. The molecule has 2 unspecified atom stereocenters. The maximum atomic E-state index is 13.5. The fourth-order valence-electron chi connectivity index (χ4n) is 5.95. The van der Waals surface area contributed by atoms with Gasteiger partial charge in [0, 0.05) is 49.8 Å². The van der Waals surface area contributed by atoms with E-state index >= 15 is 0 Å². The zero-order valence-electron chi connectivity index (χ0n) is 19.2. The van der Waals surface area contributed by atoms with Gasteiger partial charge in [-0.2, -0.15) is 18.4 Å². The van der Waals surface area contributed by atoms with E-state index in [1.165, 1.54) is 12.5 Å². The number of piperidine rings is 1. The molecule has 1 aliphatic carbocycles. The molecule has 8 heteroatoms. The summed E-state index contributed by atoms with van der Waals surface area (Å²) in [5.41, 5.74) is -1.09. The summed E-state index contributed by atoms with van der Waals surface area (Å²) in [7, 11) is 0. The molecule has 2 atom stereocenters. The first-order chi connectivity index (χ1) is 15.8. The summed E-state index contributed by atoms with van der Waals surface area (Å²) in [6.07, 6.45) is 1.55. The lowest BCUT2D eigenvalue weighted by molar-refractivity contribution is -0.142. The SMILES string of the molecule is CCOCC12CN(C(=O)C3CCCCC3)CCC1CN(c1ccc(C#N)c(C(F)(F)F)c1)C2. The van der Waals surface area contributed by atoms with Crippen molar-refractivity contribution in [3.63, 3.8) is 0 Å². The average Bonchev–Trinajstić information content (AvgIpc) is 3.21. The number of nitrogens with zero attached hydrogens (tertiary/aromatic N) is 3. The number of hydrogen-bond acceptors (Lipinski definition) is 4. The fourth-order valence-corrected chi connectivity index (χ4v) is 5.95. The van der Waals surface area contributed by atoms with Crippen molar-refractivity contribution >= 4 is 11.6 Å². The van der Waals surface area contributed by atoms with Gasteiger partial charge >= 0.3 is 6.18 Å². The van der Waals surface area contributed by atoms with Crippen LogP contribution in [0.2, 0.25) is 0 Å². The predicted octanol–water partition coefficient (Wildman–Crippen LogP) is 4.85. The molecular formula is C25H32F3N3O2. The number of anilines is 1. The molecule has 180 valence electrons. The summed E-state index contributed by atoms with van der Waals surface area (Å²) in [5.74, 6) is 0.578. The van der Waals surface area contributed by atoms with Crippen LogP contribution >= 0.6 is 0 Å². The first-order valence-corrected chi connectivity index (χ1v) is 12.0. The zero-order chi connectivity index (χ0) is 23.6. The van der Waals surface area contributed by atoms with Crippen molar-refractivity contribution in [3.05, 3.63) is 29.3 Å². The fraction of sp³-hybridized carbons (Fsp3) is 0.680. The van der Waals surface area contributed by atoms with Gasteiger partial charge in [0.25, 0.3) is 0 Å². The van der Waals surface area contributed by atoms with Crippen LogP contribution in [0.25, 0.3) is 0 Å². The third-order valence-electron chi connectivity index (χ3n) is 7.72. The lowest BCUT2D eigenvalue weighted by atomic mass is 9.73. The molecule has 3 fully saturated rings. The zero-order valence-corrected chi connectivity index (χ0v) is 19.2. The van der Waals surface area contributed by atoms with E-state index in [-0.39, 0.29) is 28.7 Å². The van der Waals surface area contributed by atoms with Gasteiger partial charge in [0.2, 0.25) is 5.91 Å². The van der Waals surface area contributed by atoms with Gasteiger partial charge in [0.05, 0.1) is 23.8 Å². The predicted molar refractivity (Wildman–Crippen MR) is 119 cm³/mol. The van der Waals surface area contributed by atoms with Gasteiger partial charge in [-0.1, -0.05) is 19.3 Å². The molecule has 1 amide bonds. The summed E-state index contributed by atoms with van der Waals surface area (Å²) in [6, 6.07) is 5.60. The van der Waals surface area contributed by atoms with Crippen molar-refractivity contribution in [1.29, 1.82) is 5.26 Å². The molecule has 5 nitrogen and oxygen atoms in total. The molecule has 33 heavy (non-hydrogen) atoms. The van der Waals surface area contributed by atoms with Crippen LogP contribution in [0.15, 0.2) is 18.2 Å². The number of ether oxygens (including phenoxy) is 1. The molecule has 0 N–H and O–H groups in total. The van der Waals surface area contributed by atoms with Crippen molar-refractivity contribution in [2.24, 2.45) is 17.3 Å². The molecule has 1 aromatic rings. The van der Waals surface area contributed by atoms with Crippen LogP contribution in [0, 0.1) is 28.6 Å². The van der Waals surface area contributed by atoms with E-state index in [4.69, 9.17) is 10.00 Å². The molecule has 3 aliphatic rings. The largest absolute Gasteiger partial charge is 0.417 e. The summed E-state index contributed by atoms with van der Waals surface area (Å²) in [6.45, 7) is 5.43. The Labute approximate surface area is 193 Å². The molecular weight excluding hydrogens is 431 g/mol. The van der Waals surface area contributed by atoms with Gasteiger partial charge < -0.3 is 14.5 Å². The highest BCUT2D eigenvalue weighted by Crippen LogP contribution is 2.45. The minimum absolute atomic E-state index is 0.102. The van der Waals surface area contributed by atoms with Gasteiger partial charge in [0.1, 0.15) is 0 Å². The van der Waals surface area contributed by atoms with Gasteiger partial charge in [-0.25, -0.2) is 0 Å². The van der Waals surface area contributed by atoms with Crippen LogP contribution in [0.3, 0.4) is 0 Å². The third kappa shape index (κ3) is 4.84. The number of carbonyl (C=O) groups excluding carboxylic acids is 1. The van der Waals surface area contributed by atoms with E-state index in [1.807, 2.05) is 16.7 Å². The Morgan fingerprint density at radius 3 is 2.64 bits per heavy atom. The monoisotopic (exact) mass is 463 g/mol. The average molecular weight is 464 g/mol. The summed E-state index contributed by atoms with van der Waals surface area (Å²) in [4.78, 5) is 17.2. The minimum atomic E-state index is -4.58. The first-order valence-electron chi connectivity index (χ1n) is 12.0. The van der Waals surface area contributed by atoms with Gasteiger partial charge in [0.15, 0.2) is 0 Å². The van der Waals surface area contributed by atoms with Crippen molar-refractivity contribution in [2.45, 2.75) is 51.6 Å². The molecule has 0 radical (unpaired) electrons.